The average Bonchev–Trinajstić information content (AvgIpc) is 2.77. The minimum Gasteiger partial charge on any atom is -0.312 e. The van der Waals surface area contributed by atoms with Crippen LogP contribution in [0.15, 0.2) is 22.7 Å². The van der Waals surface area contributed by atoms with Crippen molar-refractivity contribution in [2.45, 2.75) is 13.5 Å². The summed E-state index contributed by atoms with van der Waals surface area (Å²) in [5, 5.41) is 7.20. The van der Waals surface area contributed by atoms with Crippen LogP contribution in [-0.2, 0) is 6.54 Å². The predicted molar refractivity (Wildman–Crippen MR) is 70.4 cm³/mol. The molecule has 0 saturated heterocycles. The van der Waals surface area contributed by atoms with E-state index in [4.69, 9.17) is 0 Å². The van der Waals surface area contributed by atoms with Crippen LogP contribution in [0.3, 0.4) is 0 Å². The lowest BCUT2D eigenvalue weighted by Crippen LogP contribution is -2.11. The van der Waals surface area contributed by atoms with Crippen LogP contribution in [0.25, 0.3) is 11.3 Å². The van der Waals surface area contributed by atoms with Gasteiger partial charge < -0.3 is 5.32 Å². The van der Waals surface area contributed by atoms with E-state index in [-0.39, 0.29) is 5.82 Å². The summed E-state index contributed by atoms with van der Waals surface area (Å²) in [5.41, 5.74) is 1.11. The Kier molecular flexibility index (Phi) is 4.20. The Morgan fingerprint density at radius 2 is 2.29 bits per heavy atom. The normalized spacial score (nSPS) is 10.8. The Bertz CT molecular complexity index is 515. The molecule has 0 aliphatic carbocycles. The number of nitrogens with one attached hydrogen (secondary N) is 1. The van der Waals surface area contributed by atoms with Crippen molar-refractivity contribution < 1.29 is 4.39 Å². The highest BCUT2D eigenvalue weighted by atomic mass is 79.9. The first-order valence-corrected chi connectivity index (χ1v) is 6.76. The van der Waals surface area contributed by atoms with Crippen molar-refractivity contribution in [2.24, 2.45) is 0 Å². The molecule has 0 amide bonds. The number of hydrogen-bond acceptors (Lipinski definition) is 4. The highest BCUT2D eigenvalue weighted by Crippen LogP contribution is 2.28. The van der Waals surface area contributed by atoms with Crippen LogP contribution in [0.2, 0.25) is 0 Å². The maximum Gasteiger partial charge on any atom is 0.132 e. The van der Waals surface area contributed by atoms with Gasteiger partial charge in [0.2, 0.25) is 0 Å². The van der Waals surface area contributed by atoms with Gasteiger partial charge in [0.05, 0.1) is 4.88 Å². The van der Waals surface area contributed by atoms with Crippen LogP contribution in [0, 0.1) is 5.82 Å². The molecule has 1 N–H and O–H groups in total. The SMILES string of the molecule is CCNCc1snnc1-c1cc(Br)ccc1F. The molecule has 0 radical (unpaired) electrons. The third-order valence-electron chi connectivity index (χ3n) is 2.28. The van der Waals surface area contributed by atoms with E-state index in [0.29, 0.717) is 17.8 Å². The largest absolute Gasteiger partial charge is 0.312 e. The number of halogens is 2. The minimum absolute atomic E-state index is 0.279. The zero-order valence-corrected chi connectivity index (χ0v) is 11.6. The lowest BCUT2D eigenvalue weighted by Gasteiger charge is -2.04. The summed E-state index contributed by atoms with van der Waals surface area (Å²) in [5.74, 6) is -0.279. The second kappa shape index (κ2) is 5.66. The Morgan fingerprint density at radius 1 is 1.47 bits per heavy atom. The third-order valence-corrected chi connectivity index (χ3v) is 3.49. The van der Waals surface area contributed by atoms with E-state index in [1.807, 2.05) is 6.92 Å². The first kappa shape index (κ1) is 12.6. The minimum atomic E-state index is -0.279. The summed E-state index contributed by atoms with van der Waals surface area (Å²) in [7, 11) is 0. The summed E-state index contributed by atoms with van der Waals surface area (Å²) in [6.07, 6.45) is 0. The molecule has 0 bridgehead atoms. The monoisotopic (exact) mass is 315 g/mol. The lowest BCUT2D eigenvalue weighted by atomic mass is 10.1. The van der Waals surface area contributed by atoms with Crippen LogP contribution in [0.1, 0.15) is 11.8 Å². The molecule has 0 fully saturated rings. The fourth-order valence-electron chi connectivity index (χ4n) is 1.45. The maximum atomic E-state index is 13.7. The Labute approximate surface area is 111 Å². The smallest absolute Gasteiger partial charge is 0.132 e. The van der Waals surface area contributed by atoms with Crippen LogP contribution >= 0.6 is 27.5 Å². The molecule has 3 nitrogen and oxygen atoms in total. The molecule has 1 aromatic heterocycles. The van der Waals surface area contributed by atoms with Crippen molar-refractivity contribution in [3.8, 4) is 11.3 Å². The Balaban J connectivity index is 2.38. The van der Waals surface area contributed by atoms with Crippen molar-refractivity contribution in [1.29, 1.82) is 0 Å². The molecule has 2 rings (SSSR count). The van der Waals surface area contributed by atoms with Gasteiger partial charge in [0, 0.05) is 16.6 Å². The predicted octanol–water partition coefficient (Wildman–Crippen LogP) is 3.22. The lowest BCUT2D eigenvalue weighted by molar-refractivity contribution is 0.630. The van der Waals surface area contributed by atoms with Crippen LogP contribution in [0.5, 0.6) is 0 Å². The molecule has 2 aromatic rings. The fourth-order valence-corrected chi connectivity index (χ4v) is 2.43. The second-order valence-electron chi connectivity index (χ2n) is 3.45. The van der Waals surface area contributed by atoms with Crippen molar-refractivity contribution in [3.63, 3.8) is 0 Å². The summed E-state index contributed by atoms with van der Waals surface area (Å²) in [4.78, 5) is 0.948. The Hall–Kier alpha value is -0.850. The van der Waals surface area contributed by atoms with Crippen LogP contribution in [0.4, 0.5) is 4.39 Å². The summed E-state index contributed by atoms with van der Waals surface area (Å²) in [6, 6.07) is 4.82. The number of aromatic nitrogens is 2. The van der Waals surface area contributed by atoms with Crippen LogP contribution < -0.4 is 5.32 Å². The highest BCUT2D eigenvalue weighted by molar-refractivity contribution is 9.10. The van der Waals surface area contributed by atoms with Crippen molar-refractivity contribution >= 4 is 27.5 Å². The van der Waals surface area contributed by atoms with Gasteiger partial charge >= 0.3 is 0 Å². The summed E-state index contributed by atoms with van der Waals surface area (Å²) in [6.45, 7) is 3.54. The topological polar surface area (TPSA) is 37.8 Å². The van der Waals surface area contributed by atoms with E-state index in [1.165, 1.54) is 17.6 Å². The first-order valence-electron chi connectivity index (χ1n) is 5.19. The van der Waals surface area contributed by atoms with Gasteiger partial charge in [-0.15, -0.1) is 5.10 Å². The van der Waals surface area contributed by atoms with E-state index < -0.39 is 0 Å². The summed E-state index contributed by atoms with van der Waals surface area (Å²) >= 11 is 4.63. The van der Waals surface area contributed by atoms with E-state index in [1.54, 1.807) is 12.1 Å². The fraction of sp³-hybridized carbons (Fsp3) is 0.273. The molecule has 0 saturated carbocycles. The molecule has 0 unspecified atom stereocenters. The zero-order valence-electron chi connectivity index (χ0n) is 9.20. The quantitative estimate of drug-likeness (QED) is 0.941. The molecule has 1 aromatic carbocycles. The molecule has 0 spiro atoms. The maximum absolute atomic E-state index is 13.7. The zero-order chi connectivity index (χ0) is 12.3. The standard InChI is InChI=1S/C11H11BrFN3S/c1-2-14-6-10-11(15-16-17-10)8-5-7(12)3-4-9(8)13/h3-5,14H,2,6H2,1H3. The second-order valence-corrected chi connectivity index (χ2v) is 5.20. The van der Waals surface area contributed by atoms with Gasteiger partial charge in [0.25, 0.3) is 0 Å². The molecule has 17 heavy (non-hydrogen) atoms. The number of rotatable bonds is 4. The van der Waals surface area contributed by atoms with E-state index in [0.717, 1.165) is 15.9 Å². The first-order chi connectivity index (χ1) is 8.22. The summed E-state index contributed by atoms with van der Waals surface area (Å²) < 4.78 is 18.5. The molecule has 6 heteroatoms. The number of benzene rings is 1. The van der Waals surface area contributed by atoms with E-state index >= 15 is 0 Å². The molecule has 0 atom stereocenters. The average molecular weight is 316 g/mol. The van der Waals surface area contributed by atoms with E-state index in [2.05, 4.69) is 30.8 Å². The van der Waals surface area contributed by atoms with Crippen LogP contribution in [-0.4, -0.2) is 16.1 Å². The molecule has 0 aliphatic heterocycles. The van der Waals surface area contributed by atoms with Gasteiger partial charge in [0.1, 0.15) is 11.5 Å². The van der Waals surface area contributed by atoms with Crippen molar-refractivity contribution in [1.82, 2.24) is 14.9 Å². The highest BCUT2D eigenvalue weighted by Gasteiger charge is 2.14. The van der Waals surface area contributed by atoms with Crippen molar-refractivity contribution in [2.75, 3.05) is 6.54 Å². The van der Waals surface area contributed by atoms with Gasteiger partial charge in [-0.05, 0) is 36.3 Å². The van der Waals surface area contributed by atoms with E-state index in [9.17, 15) is 4.39 Å². The number of hydrogen-bond donors (Lipinski definition) is 1. The van der Waals surface area contributed by atoms with Gasteiger partial charge in [-0.1, -0.05) is 27.3 Å². The molecule has 1 heterocycles. The molecular formula is C11H11BrFN3S. The van der Waals surface area contributed by atoms with Gasteiger partial charge in [-0.2, -0.15) is 0 Å². The van der Waals surface area contributed by atoms with Gasteiger partial charge in [-0.3, -0.25) is 0 Å². The molecular weight excluding hydrogens is 305 g/mol. The van der Waals surface area contributed by atoms with Gasteiger partial charge in [-0.25, -0.2) is 4.39 Å². The van der Waals surface area contributed by atoms with Gasteiger partial charge in [0.15, 0.2) is 0 Å². The molecule has 90 valence electrons. The Morgan fingerprint density at radius 3 is 3.06 bits per heavy atom. The molecule has 0 aliphatic rings. The third kappa shape index (κ3) is 2.88. The van der Waals surface area contributed by atoms with Crippen molar-refractivity contribution in [3.05, 3.63) is 33.4 Å². The number of nitrogens with zero attached hydrogens (tertiary/aromatic N) is 2.